The summed E-state index contributed by atoms with van der Waals surface area (Å²) in [6, 6.07) is 0. The molecule has 0 aromatic carbocycles. The van der Waals surface area contributed by atoms with E-state index in [1.165, 1.54) is 57.8 Å². The molecule has 0 radical (unpaired) electrons. The molecule has 0 aromatic rings. The van der Waals surface area contributed by atoms with Gasteiger partial charge >= 0.3 is 0 Å². The molecule has 5 aliphatic rings. The first-order chi connectivity index (χ1) is 13.4. The molecule has 0 aromatic heterocycles. The highest BCUT2D eigenvalue weighted by molar-refractivity contribution is 5.18. The van der Waals surface area contributed by atoms with E-state index in [0.29, 0.717) is 27.1 Å². The average molecular weight is 399 g/mol. The van der Waals surface area contributed by atoms with Crippen molar-refractivity contribution in [2.24, 2.45) is 62.6 Å². The van der Waals surface area contributed by atoms with Crippen LogP contribution in [0.15, 0.2) is 0 Å². The van der Waals surface area contributed by atoms with Crippen LogP contribution in [0.2, 0.25) is 0 Å². The third-order valence-electron chi connectivity index (χ3n) is 13.7. The number of fused-ring (bicyclic) bond motifs is 7. The Morgan fingerprint density at radius 2 is 1.31 bits per heavy atom. The normalized spacial score (nSPS) is 61.2. The first-order valence-electron chi connectivity index (χ1n) is 13.4. The molecule has 0 spiro atoms. The Bertz CT molecular complexity index is 676. The van der Waals surface area contributed by atoms with Crippen LogP contribution in [-0.2, 0) is 0 Å². The largest absolute Gasteiger partial charge is 0.0622 e. The van der Waals surface area contributed by atoms with Crippen molar-refractivity contribution >= 4 is 0 Å². The molecule has 5 saturated carbocycles. The molecule has 29 heavy (non-hydrogen) atoms. The van der Waals surface area contributed by atoms with Crippen molar-refractivity contribution in [2.75, 3.05) is 0 Å². The van der Waals surface area contributed by atoms with Crippen molar-refractivity contribution in [3.05, 3.63) is 0 Å². The Morgan fingerprint density at radius 3 is 2.03 bits per heavy atom. The number of hydrogen-bond acceptors (Lipinski definition) is 0. The van der Waals surface area contributed by atoms with E-state index in [4.69, 9.17) is 0 Å². The van der Waals surface area contributed by atoms with Gasteiger partial charge in [0.15, 0.2) is 0 Å². The fourth-order valence-electron chi connectivity index (χ4n) is 11.5. The smallest absolute Gasteiger partial charge is 0.0235 e. The van der Waals surface area contributed by atoms with E-state index in [2.05, 4.69) is 55.4 Å². The Kier molecular flexibility index (Phi) is 4.37. The first kappa shape index (κ1) is 20.9. The van der Waals surface area contributed by atoms with Crippen molar-refractivity contribution in [3.8, 4) is 0 Å². The summed E-state index contributed by atoms with van der Waals surface area (Å²) in [6.07, 6.45) is 15.1. The minimum absolute atomic E-state index is 0.525. The summed E-state index contributed by atoms with van der Waals surface area (Å²) in [5.74, 6) is 5.76. The molecule has 2 unspecified atom stereocenters. The molecule has 0 nitrogen and oxygen atoms in total. The van der Waals surface area contributed by atoms with Crippen LogP contribution in [0.1, 0.15) is 120 Å². The third-order valence-corrected chi connectivity index (χ3v) is 13.7. The van der Waals surface area contributed by atoms with Crippen molar-refractivity contribution in [3.63, 3.8) is 0 Å². The molecule has 5 aliphatic carbocycles. The molecule has 0 bridgehead atoms. The van der Waals surface area contributed by atoms with Gasteiger partial charge in [-0.15, -0.1) is 0 Å². The second-order valence-corrected chi connectivity index (χ2v) is 14.6. The highest BCUT2D eigenvalue weighted by Gasteiger charge is 2.69. The van der Waals surface area contributed by atoms with Gasteiger partial charge in [-0.1, -0.05) is 55.4 Å². The summed E-state index contributed by atoms with van der Waals surface area (Å²) in [5.41, 5.74) is 2.92. The monoisotopic (exact) mass is 398 g/mol. The van der Waals surface area contributed by atoms with Crippen LogP contribution in [0.4, 0.5) is 0 Å². The molecule has 5 rings (SSSR count). The maximum Gasteiger partial charge on any atom is -0.0235 e. The molecule has 0 N–H and O–H groups in total. The van der Waals surface area contributed by atoms with Crippen LogP contribution >= 0.6 is 0 Å². The standard InChI is InChI=1S/C29H50/c1-19-11-14-26(5)17-18-28(7)21(24(19)26)9-10-23-27(6)15-12-20(2)25(3,4)22(27)13-16-29(23,28)8/h19-24H,9-18H2,1-8H3/t19-,20?,21?,22+,23-,24-,26-,27+,28-,29-/m1/s1. The highest BCUT2D eigenvalue weighted by Crippen LogP contribution is 2.77. The molecule has 10 atom stereocenters. The lowest BCUT2D eigenvalue weighted by atomic mass is 9.32. The summed E-state index contributed by atoms with van der Waals surface area (Å²) in [7, 11) is 0. The second-order valence-electron chi connectivity index (χ2n) is 14.6. The van der Waals surface area contributed by atoms with E-state index in [-0.39, 0.29) is 0 Å². The zero-order valence-corrected chi connectivity index (χ0v) is 21.0. The predicted octanol–water partition coefficient (Wildman–Crippen LogP) is 8.74. The number of hydrogen-bond donors (Lipinski definition) is 0. The molecule has 0 amide bonds. The minimum atomic E-state index is 0.525. The van der Waals surface area contributed by atoms with Crippen LogP contribution in [0.5, 0.6) is 0 Å². The van der Waals surface area contributed by atoms with E-state index in [0.717, 1.165) is 35.5 Å². The van der Waals surface area contributed by atoms with Gasteiger partial charge in [-0.25, -0.2) is 0 Å². The van der Waals surface area contributed by atoms with E-state index in [9.17, 15) is 0 Å². The van der Waals surface area contributed by atoms with Crippen LogP contribution in [-0.4, -0.2) is 0 Å². The summed E-state index contributed by atoms with van der Waals surface area (Å²) in [4.78, 5) is 0. The van der Waals surface area contributed by atoms with Crippen molar-refractivity contribution in [1.29, 1.82) is 0 Å². The summed E-state index contributed by atoms with van der Waals surface area (Å²) >= 11 is 0. The van der Waals surface area contributed by atoms with Gasteiger partial charge in [0.2, 0.25) is 0 Å². The topological polar surface area (TPSA) is 0 Å². The second kappa shape index (κ2) is 6.07. The third kappa shape index (κ3) is 2.39. The van der Waals surface area contributed by atoms with E-state index < -0.39 is 0 Å². The first-order valence-corrected chi connectivity index (χ1v) is 13.4. The quantitative estimate of drug-likeness (QED) is 0.382. The van der Waals surface area contributed by atoms with Crippen molar-refractivity contribution < 1.29 is 0 Å². The fourth-order valence-corrected chi connectivity index (χ4v) is 11.5. The molecular formula is C29H50. The van der Waals surface area contributed by atoms with Crippen LogP contribution in [0, 0.1) is 62.6 Å². The molecule has 5 fully saturated rings. The SMILES string of the molecule is CC1CC[C@]2(C)[C@H]3CCC4[C@H]5[C@H](C)CC[C@]5(C)CC[C@@]4(C)[C@]3(C)CC[C@H]2C1(C)C. The Hall–Kier alpha value is 0. The highest BCUT2D eigenvalue weighted by atomic mass is 14.7. The zero-order chi connectivity index (χ0) is 21.0. The maximum atomic E-state index is 2.80. The lowest BCUT2D eigenvalue weighted by Gasteiger charge is -2.73. The molecular weight excluding hydrogens is 348 g/mol. The molecule has 0 aliphatic heterocycles. The van der Waals surface area contributed by atoms with E-state index in [1.54, 1.807) is 6.42 Å². The van der Waals surface area contributed by atoms with Crippen molar-refractivity contribution in [2.45, 2.75) is 120 Å². The molecule has 166 valence electrons. The van der Waals surface area contributed by atoms with Crippen LogP contribution < -0.4 is 0 Å². The molecule has 0 heterocycles. The lowest BCUT2D eigenvalue weighted by molar-refractivity contribution is -0.241. The van der Waals surface area contributed by atoms with Gasteiger partial charge in [-0.3, -0.25) is 0 Å². The summed E-state index contributed by atoms with van der Waals surface area (Å²) in [5, 5.41) is 0. The van der Waals surface area contributed by atoms with E-state index in [1.807, 2.05) is 0 Å². The van der Waals surface area contributed by atoms with Gasteiger partial charge in [0.1, 0.15) is 0 Å². The fraction of sp³-hybridized carbons (Fsp3) is 1.00. The summed E-state index contributed by atoms with van der Waals surface area (Å²) in [6.45, 7) is 21.5. The van der Waals surface area contributed by atoms with Gasteiger partial charge in [0, 0.05) is 0 Å². The van der Waals surface area contributed by atoms with Gasteiger partial charge in [-0.05, 0) is 127 Å². The minimum Gasteiger partial charge on any atom is -0.0622 e. The van der Waals surface area contributed by atoms with Gasteiger partial charge in [0.05, 0.1) is 0 Å². The zero-order valence-electron chi connectivity index (χ0n) is 21.0. The van der Waals surface area contributed by atoms with Crippen molar-refractivity contribution in [1.82, 2.24) is 0 Å². The lowest BCUT2D eigenvalue weighted by Crippen LogP contribution is -2.65. The van der Waals surface area contributed by atoms with E-state index >= 15 is 0 Å². The Balaban J connectivity index is 1.54. The van der Waals surface area contributed by atoms with Crippen LogP contribution in [0.3, 0.4) is 0 Å². The van der Waals surface area contributed by atoms with Crippen LogP contribution in [0.25, 0.3) is 0 Å². The average Bonchev–Trinajstić information content (AvgIpc) is 2.95. The van der Waals surface area contributed by atoms with Gasteiger partial charge in [-0.2, -0.15) is 0 Å². The summed E-state index contributed by atoms with van der Waals surface area (Å²) < 4.78 is 0. The van der Waals surface area contributed by atoms with Gasteiger partial charge < -0.3 is 0 Å². The Morgan fingerprint density at radius 1 is 0.586 bits per heavy atom. The molecule has 0 heteroatoms. The van der Waals surface area contributed by atoms with Gasteiger partial charge in [0.25, 0.3) is 0 Å². The predicted molar refractivity (Wildman–Crippen MR) is 125 cm³/mol. The maximum absolute atomic E-state index is 2.80. The Labute approximate surface area is 182 Å². The number of rotatable bonds is 0. The molecule has 0 saturated heterocycles.